The van der Waals surface area contributed by atoms with Crippen LogP contribution in [0.2, 0.25) is 0 Å². The zero-order valence-electron chi connectivity index (χ0n) is 12.0. The molecule has 0 radical (unpaired) electrons. The second kappa shape index (κ2) is 6.53. The number of nitrogens with zero attached hydrogens (tertiary/aromatic N) is 1. The van der Waals surface area contributed by atoms with E-state index < -0.39 is 0 Å². The maximum atomic E-state index is 12.1. The van der Waals surface area contributed by atoms with Crippen molar-refractivity contribution in [3.05, 3.63) is 29.6 Å². The van der Waals surface area contributed by atoms with Crippen LogP contribution in [-0.4, -0.2) is 23.5 Å². The van der Waals surface area contributed by atoms with E-state index in [1.165, 1.54) is 6.42 Å². The van der Waals surface area contributed by atoms with Gasteiger partial charge in [0.1, 0.15) is 5.69 Å². The SMILES string of the molecule is CC1CCC(NC(=O)c2ccc(C#CCN)cn2)C1C. The Kier molecular flexibility index (Phi) is 4.75. The Balaban J connectivity index is 1.99. The van der Waals surface area contributed by atoms with Gasteiger partial charge in [0.05, 0.1) is 6.54 Å². The number of carbonyl (C=O) groups excluding carboxylic acids is 1. The summed E-state index contributed by atoms with van der Waals surface area (Å²) in [6.45, 7) is 4.75. The van der Waals surface area contributed by atoms with E-state index in [9.17, 15) is 4.79 Å². The second-order valence-electron chi connectivity index (χ2n) is 5.43. The van der Waals surface area contributed by atoms with Gasteiger partial charge >= 0.3 is 0 Å². The fourth-order valence-corrected chi connectivity index (χ4v) is 2.57. The number of carbonyl (C=O) groups is 1. The first-order valence-electron chi connectivity index (χ1n) is 7.07. The van der Waals surface area contributed by atoms with E-state index in [0.29, 0.717) is 24.1 Å². The van der Waals surface area contributed by atoms with E-state index in [1.54, 1.807) is 18.3 Å². The summed E-state index contributed by atoms with van der Waals surface area (Å²) in [4.78, 5) is 16.3. The summed E-state index contributed by atoms with van der Waals surface area (Å²) < 4.78 is 0. The van der Waals surface area contributed by atoms with E-state index in [1.807, 2.05) is 0 Å². The molecule has 0 aromatic carbocycles. The zero-order valence-corrected chi connectivity index (χ0v) is 12.0. The maximum Gasteiger partial charge on any atom is 0.270 e. The van der Waals surface area contributed by atoms with Gasteiger partial charge in [0.2, 0.25) is 0 Å². The molecule has 20 heavy (non-hydrogen) atoms. The highest BCUT2D eigenvalue weighted by molar-refractivity contribution is 5.92. The maximum absolute atomic E-state index is 12.1. The molecule has 1 aliphatic rings. The fourth-order valence-electron chi connectivity index (χ4n) is 2.57. The third-order valence-electron chi connectivity index (χ3n) is 4.11. The van der Waals surface area contributed by atoms with Crippen molar-refractivity contribution in [1.29, 1.82) is 0 Å². The zero-order chi connectivity index (χ0) is 14.5. The topological polar surface area (TPSA) is 68.0 Å². The monoisotopic (exact) mass is 271 g/mol. The molecule has 106 valence electrons. The van der Waals surface area contributed by atoms with E-state index >= 15 is 0 Å². The van der Waals surface area contributed by atoms with Crippen LogP contribution in [0.5, 0.6) is 0 Å². The van der Waals surface area contributed by atoms with Crippen LogP contribution in [-0.2, 0) is 0 Å². The van der Waals surface area contributed by atoms with Crippen LogP contribution in [0.3, 0.4) is 0 Å². The summed E-state index contributed by atoms with van der Waals surface area (Å²) >= 11 is 0. The van der Waals surface area contributed by atoms with Crippen LogP contribution in [0.15, 0.2) is 18.3 Å². The lowest BCUT2D eigenvalue weighted by Crippen LogP contribution is -2.37. The average Bonchev–Trinajstić information content (AvgIpc) is 2.77. The lowest BCUT2D eigenvalue weighted by atomic mass is 9.98. The average molecular weight is 271 g/mol. The molecular formula is C16H21N3O. The van der Waals surface area contributed by atoms with Gasteiger partial charge < -0.3 is 11.1 Å². The van der Waals surface area contributed by atoms with Crippen molar-refractivity contribution in [2.24, 2.45) is 17.6 Å². The predicted molar refractivity (Wildman–Crippen MR) is 79.0 cm³/mol. The third kappa shape index (κ3) is 3.37. The first kappa shape index (κ1) is 14.5. The molecule has 2 rings (SSSR count). The Morgan fingerprint density at radius 3 is 2.80 bits per heavy atom. The van der Waals surface area contributed by atoms with Gasteiger partial charge in [-0.25, -0.2) is 4.98 Å². The Labute approximate surface area is 120 Å². The Morgan fingerprint density at radius 1 is 1.45 bits per heavy atom. The number of aromatic nitrogens is 1. The van der Waals surface area contributed by atoms with Crippen molar-refractivity contribution in [3.8, 4) is 11.8 Å². The highest BCUT2D eigenvalue weighted by Gasteiger charge is 2.30. The van der Waals surface area contributed by atoms with Crippen molar-refractivity contribution in [2.75, 3.05) is 6.54 Å². The summed E-state index contributed by atoms with van der Waals surface area (Å²) in [6.07, 6.45) is 3.83. The first-order chi connectivity index (χ1) is 9.61. The lowest BCUT2D eigenvalue weighted by Gasteiger charge is -2.19. The van der Waals surface area contributed by atoms with Crippen molar-refractivity contribution < 1.29 is 4.79 Å². The molecule has 1 aliphatic carbocycles. The second-order valence-corrected chi connectivity index (χ2v) is 5.43. The highest BCUT2D eigenvalue weighted by atomic mass is 16.1. The predicted octanol–water partition coefficient (Wildman–Crippen LogP) is 1.56. The van der Waals surface area contributed by atoms with Crippen LogP contribution in [0, 0.1) is 23.7 Å². The molecule has 0 spiro atoms. The molecule has 1 heterocycles. The molecule has 0 saturated heterocycles. The quantitative estimate of drug-likeness (QED) is 0.802. The Bertz CT molecular complexity index is 527. The van der Waals surface area contributed by atoms with Gasteiger partial charge in [-0.3, -0.25) is 4.79 Å². The molecule has 0 bridgehead atoms. The largest absolute Gasteiger partial charge is 0.348 e. The molecule has 4 nitrogen and oxygen atoms in total. The van der Waals surface area contributed by atoms with Crippen molar-refractivity contribution in [1.82, 2.24) is 10.3 Å². The lowest BCUT2D eigenvalue weighted by molar-refractivity contribution is 0.0922. The number of hydrogen-bond acceptors (Lipinski definition) is 3. The van der Waals surface area contributed by atoms with Gasteiger partial charge in [-0.15, -0.1) is 0 Å². The molecule has 4 heteroatoms. The molecular weight excluding hydrogens is 250 g/mol. The van der Waals surface area contributed by atoms with E-state index in [2.05, 4.69) is 36.0 Å². The standard InChI is InChI=1S/C16H21N3O/c1-11-5-7-14(12(11)2)19-16(20)15-8-6-13(10-18-15)4-3-9-17/h6,8,10-12,14H,5,7,9,17H2,1-2H3,(H,19,20). The number of rotatable bonds is 2. The fraction of sp³-hybridized carbons (Fsp3) is 0.500. The molecule has 0 aliphatic heterocycles. The van der Waals surface area contributed by atoms with Crippen LogP contribution < -0.4 is 11.1 Å². The molecule has 3 atom stereocenters. The smallest absolute Gasteiger partial charge is 0.270 e. The minimum atomic E-state index is -0.103. The van der Waals surface area contributed by atoms with Crippen molar-refractivity contribution in [2.45, 2.75) is 32.7 Å². The van der Waals surface area contributed by atoms with Crippen LogP contribution in [0.4, 0.5) is 0 Å². The summed E-state index contributed by atoms with van der Waals surface area (Å²) in [5.41, 5.74) is 6.52. The van der Waals surface area contributed by atoms with Gasteiger partial charge in [0.25, 0.3) is 5.91 Å². The number of amides is 1. The summed E-state index contributed by atoms with van der Waals surface area (Å²) in [5, 5.41) is 3.08. The molecule has 1 saturated carbocycles. The van der Waals surface area contributed by atoms with Gasteiger partial charge in [-0.05, 0) is 36.8 Å². The van der Waals surface area contributed by atoms with Gasteiger partial charge in [-0.1, -0.05) is 25.7 Å². The van der Waals surface area contributed by atoms with Crippen LogP contribution in [0.25, 0.3) is 0 Å². The van der Waals surface area contributed by atoms with Gasteiger partial charge in [0, 0.05) is 17.8 Å². The van der Waals surface area contributed by atoms with E-state index in [-0.39, 0.29) is 11.9 Å². The first-order valence-corrected chi connectivity index (χ1v) is 7.07. The van der Waals surface area contributed by atoms with E-state index in [4.69, 9.17) is 5.73 Å². The Morgan fingerprint density at radius 2 is 2.25 bits per heavy atom. The van der Waals surface area contributed by atoms with E-state index in [0.717, 1.165) is 12.0 Å². The van der Waals surface area contributed by atoms with Crippen LogP contribution in [0.1, 0.15) is 42.7 Å². The molecule has 3 unspecified atom stereocenters. The number of hydrogen-bond donors (Lipinski definition) is 2. The van der Waals surface area contributed by atoms with Crippen LogP contribution >= 0.6 is 0 Å². The molecule has 1 aromatic heterocycles. The van der Waals surface area contributed by atoms with Crippen molar-refractivity contribution in [3.63, 3.8) is 0 Å². The van der Waals surface area contributed by atoms with Gasteiger partial charge in [-0.2, -0.15) is 0 Å². The number of pyridine rings is 1. The minimum Gasteiger partial charge on any atom is -0.348 e. The molecule has 1 aromatic rings. The molecule has 1 amide bonds. The van der Waals surface area contributed by atoms with Gasteiger partial charge in [0.15, 0.2) is 0 Å². The molecule has 1 fully saturated rings. The summed E-state index contributed by atoms with van der Waals surface area (Å²) in [7, 11) is 0. The normalized spacial score (nSPS) is 24.9. The summed E-state index contributed by atoms with van der Waals surface area (Å²) in [6, 6.07) is 3.76. The minimum absolute atomic E-state index is 0.103. The Hall–Kier alpha value is -1.86. The van der Waals surface area contributed by atoms with Crippen molar-refractivity contribution >= 4 is 5.91 Å². The molecule has 3 N–H and O–H groups in total. The summed E-state index contributed by atoms with van der Waals surface area (Å²) in [5.74, 6) is 6.74. The number of nitrogens with two attached hydrogens (primary N) is 1. The number of nitrogens with one attached hydrogen (secondary N) is 1. The highest BCUT2D eigenvalue weighted by Crippen LogP contribution is 2.31. The third-order valence-corrected chi connectivity index (χ3v) is 4.11.